The number of aromatic amines is 1. The number of terminal acetylenes is 1. The monoisotopic (exact) mass is 309 g/mol. The van der Waals surface area contributed by atoms with Crippen molar-refractivity contribution >= 4 is 16.7 Å². The summed E-state index contributed by atoms with van der Waals surface area (Å²) >= 11 is 0. The molecule has 2 aromatic heterocycles. The fourth-order valence-corrected chi connectivity index (χ4v) is 3.61. The van der Waals surface area contributed by atoms with E-state index in [1.165, 1.54) is 32.0 Å². The molecule has 2 heterocycles. The van der Waals surface area contributed by atoms with Gasteiger partial charge in [-0.3, -0.25) is 4.90 Å². The summed E-state index contributed by atoms with van der Waals surface area (Å²) in [7, 11) is 0. The van der Waals surface area contributed by atoms with Gasteiger partial charge in [0.05, 0.1) is 18.0 Å². The van der Waals surface area contributed by atoms with E-state index in [1.54, 1.807) is 0 Å². The predicted octanol–water partition coefficient (Wildman–Crippen LogP) is 2.98. The third kappa shape index (κ3) is 3.27. The van der Waals surface area contributed by atoms with E-state index in [0.717, 1.165) is 16.7 Å². The molecule has 1 atom stereocenters. The van der Waals surface area contributed by atoms with Crippen LogP contribution in [0.2, 0.25) is 0 Å². The van der Waals surface area contributed by atoms with E-state index >= 15 is 0 Å². The highest BCUT2D eigenvalue weighted by Crippen LogP contribution is 2.26. The molecule has 1 aliphatic rings. The Hall–Kier alpha value is -2.19. The quantitative estimate of drug-likeness (QED) is 0.636. The SMILES string of the molecule is C#CCN(C1CCCC1)[C@H](C)CC(=N)c1ncnc2[nH]ccc12. The zero-order valence-electron chi connectivity index (χ0n) is 13.5. The van der Waals surface area contributed by atoms with Gasteiger partial charge in [0.1, 0.15) is 12.0 Å². The van der Waals surface area contributed by atoms with Gasteiger partial charge in [-0.2, -0.15) is 0 Å². The summed E-state index contributed by atoms with van der Waals surface area (Å²) in [5, 5.41) is 9.41. The van der Waals surface area contributed by atoms with E-state index < -0.39 is 0 Å². The molecule has 0 spiro atoms. The molecular formula is C18H23N5. The van der Waals surface area contributed by atoms with Gasteiger partial charge in [0.25, 0.3) is 0 Å². The topological polar surface area (TPSA) is 68.7 Å². The summed E-state index contributed by atoms with van der Waals surface area (Å²) in [5.41, 5.74) is 2.04. The third-order valence-electron chi connectivity index (χ3n) is 4.77. The van der Waals surface area contributed by atoms with Crippen molar-refractivity contribution < 1.29 is 0 Å². The van der Waals surface area contributed by atoms with Crippen molar-refractivity contribution in [3.05, 3.63) is 24.3 Å². The minimum Gasteiger partial charge on any atom is -0.346 e. The van der Waals surface area contributed by atoms with E-state index in [4.69, 9.17) is 11.8 Å². The first kappa shape index (κ1) is 15.7. The Morgan fingerprint density at radius 3 is 3.00 bits per heavy atom. The highest BCUT2D eigenvalue weighted by atomic mass is 15.2. The average Bonchev–Trinajstić information content (AvgIpc) is 3.22. The Morgan fingerprint density at radius 1 is 1.48 bits per heavy atom. The number of rotatable bonds is 6. The molecule has 0 unspecified atom stereocenters. The normalized spacial score (nSPS) is 16.7. The number of hydrogen-bond acceptors (Lipinski definition) is 4. The van der Waals surface area contributed by atoms with Gasteiger partial charge < -0.3 is 10.4 Å². The van der Waals surface area contributed by atoms with Crippen LogP contribution >= 0.6 is 0 Å². The van der Waals surface area contributed by atoms with Crippen LogP contribution in [0.4, 0.5) is 0 Å². The van der Waals surface area contributed by atoms with Crippen LogP contribution < -0.4 is 0 Å². The first-order valence-corrected chi connectivity index (χ1v) is 8.25. The molecule has 2 aromatic rings. The van der Waals surface area contributed by atoms with Crippen LogP contribution in [0.25, 0.3) is 11.0 Å². The molecule has 0 aromatic carbocycles. The van der Waals surface area contributed by atoms with Crippen molar-refractivity contribution in [2.24, 2.45) is 0 Å². The molecule has 5 heteroatoms. The Bertz CT molecular complexity index is 720. The van der Waals surface area contributed by atoms with Crippen molar-refractivity contribution in [2.75, 3.05) is 6.54 Å². The van der Waals surface area contributed by atoms with Crippen molar-refractivity contribution in [1.82, 2.24) is 19.9 Å². The zero-order valence-corrected chi connectivity index (χ0v) is 13.5. The molecule has 23 heavy (non-hydrogen) atoms. The number of hydrogen-bond donors (Lipinski definition) is 2. The van der Waals surface area contributed by atoms with Gasteiger partial charge in [-0.15, -0.1) is 6.42 Å². The molecular weight excluding hydrogens is 286 g/mol. The van der Waals surface area contributed by atoms with Gasteiger partial charge in [0.15, 0.2) is 0 Å². The smallest absolute Gasteiger partial charge is 0.141 e. The van der Waals surface area contributed by atoms with Gasteiger partial charge in [-0.05, 0) is 25.8 Å². The number of fused-ring (bicyclic) bond motifs is 1. The molecule has 3 rings (SSSR count). The van der Waals surface area contributed by atoms with Crippen LogP contribution in [-0.2, 0) is 0 Å². The minimum atomic E-state index is 0.241. The second-order valence-corrected chi connectivity index (χ2v) is 6.31. The lowest BCUT2D eigenvalue weighted by atomic mass is 10.0. The lowest BCUT2D eigenvalue weighted by molar-refractivity contribution is 0.170. The maximum atomic E-state index is 8.49. The molecule has 1 aliphatic carbocycles. The summed E-state index contributed by atoms with van der Waals surface area (Å²) in [4.78, 5) is 14.0. The second kappa shape index (κ2) is 6.93. The van der Waals surface area contributed by atoms with Gasteiger partial charge in [-0.1, -0.05) is 18.8 Å². The van der Waals surface area contributed by atoms with Crippen molar-refractivity contribution in [2.45, 2.75) is 51.1 Å². The van der Waals surface area contributed by atoms with Crippen LogP contribution in [-0.4, -0.2) is 44.2 Å². The molecule has 1 fully saturated rings. The number of nitrogens with zero attached hydrogens (tertiary/aromatic N) is 3. The van der Waals surface area contributed by atoms with Gasteiger partial charge in [-0.25, -0.2) is 9.97 Å². The van der Waals surface area contributed by atoms with Crippen LogP contribution in [0.15, 0.2) is 18.6 Å². The summed E-state index contributed by atoms with van der Waals surface area (Å²) in [6.07, 6.45) is 14.6. The Morgan fingerprint density at radius 2 is 2.26 bits per heavy atom. The van der Waals surface area contributed by atoms with Gasteiger partial charge in [0, 0.05) is 30.1 Å². The first-order valence-electron chi connectivity index (χ1n) is 8.25. The standard InChI is InChI=1S/C18H23N5/c1-3-10-23(14-6-4-5-7-14)13(2)11-16(19)17-15-8-9-20-18(15)22-12-21-17/h1,8-9,12-14,19H,4-7,10-11H2,2H3,(H,20,21,22)/t13-/m1/s1. The van der Waals surface area contributed by atoms with Gasteiger partial charge >= 0.3 is 0 Å². The Balaban J connectivity index is 1.75. The highest BCUT2D eigenvalue weighted by Gasteiger charge is 2.27. The Labute approximate surface area is 137 Å². The minimum absolute atomic E-state index is 0.241. The number of H-pyrrole nitrogens is 1. The van der Waals surface area contributed by atoms with Crippen LogP contribution in [0.3, 0.4) is 0 Å². The van der Waals surface area contributed by atoms with Crippen molar-refractivity contribution in [1.29, 1.82) is 5.41 Å². The molecule has 0 bridgehead atoms. The van der Waals surface area contributed by atoms with Crippen molar-refractivity contribution in [3.63, 3.8) is 0 Å². The lowest BCUT2D eigenvalue weighted by Gasteiger charge is -2.33. The zero-order chi connectivity index (χ0) is 16.2. The van der Waals surface area contributed by atoms with Crippen LogP contribution in [0, 0.1) is 17.8 Å². The van der Waals surface area contributed by atoms with Crippen LogP contribution in [0.5, 0.6) is 0 Å². The first-order chi connectivity index (χ1) is 11.2. The maximum absolute atomic E-state index is 8.49. The van der Waals surface area contributed by atoms with E-state index in [-0.39, 0.29) is 6.04 Å². The summed E-state index contributed by atoms with van der Waals surface area (Å²) in [6, 6.07) is 2.73. The molecule has 0 saturated heterocycles. The molecule has 1 saturated carbocycles. The van der Waals surface area contributed by atoms with Gasteiger partial charge in [0.2, 0.25) is 0 Å². The molecule has 5 nitrogen and oxygen atoms in total. The summed E-state index contributed by atoms with van der Waals surface area (Å²) < 4.78 is 0. The fourth-order valence-electron chi connectivity index (χ4n) is 3.61. The summed E-state index contributed by atoms with van der Waals surface area (Å²) in [6.45, 7) is 2.82. The molecule has 0 radical (unpaired) electrons. The lowest BCUT2D eigenvalue weighted by Crippen LogP contribution is -2.41. The molecule has 0 amide bonds. The largest absolute Gasteiger partial charge is 0.346 e. The molecule has 0 aliphatic heterocycles. The van der Waals surface area contributed by atoms with E-state index in [2.05, 4.69) is 32.7 Å². The predicted molar refractivity (Wildman–Crippen MR) is 92.6 cm³/mol. The fraction of sp³-hybridized carbons (Fsp3) is 0.500. The van der Waals surface area contributed by atoms with Crippen LogP contribution in [0.1, 0.15) is 44.7 Å². The molecule has 2 N–H and O–H groups in total. The van der Waals surface area contributed by atoms with E-state index in [9.17, 15) is 0 Å². The van der Waals surface area contributed by atoms with E-state index in [0.29, 0.717) is 24.7 Å². The summed E-state index contributed by atoms with van der Waals surface area (Å²) in [5.74, 6) is 2.79. The number of aromatic nitrogens is 3. The number of nitrogens with one attached hydrogen (secondary N) is 2. The van der Waals surface area contributed by atoms with Crippen molar-refractivity contribution in [3.8, 4) is 12.3 Å². The second-order valence-electron chi connectivity index (χ2n) is 6.31. The molecule has 120 valence electrons. The average molecular weight is 309 g/mol. The third-order valence-corrected chi connectivity index (χ3v) is 4.77. The van der Waals surface area contributed by atoms with E-state index in [1.807, 2.05) is 12.3 Å². The maximum Gasteiger partial charge on any atom is 0.141 e. The highest BCUT2D eigenvalue weighted by molar-refractivity contribution is 6.06. The Kier molecular flexibility index (Phi) is 4.73.